The molecule has 2 aromatic rings. The van der Waals surface area contributed by atoms with Crippen molar-refractivity contribution < 1.29 is 5.11 Å². The third-order valence-electron chi connectivity index (χ3n) is 3.40. The van der Waals surface area contributed by atoms with E-state index in [1.165, 1.54) is 17.7 Å². The summed E-state index contributed by atoms with van der Waals surface area (Å²) in [6.45, 7) is 4.14. The first-order chi connectivity index (χ1) is 9.31. The summed E-state index contributed by atoms with van der Waals surface area (Å²) in [4.78, 5) is 9.49. The molecule has 5 heteroatoms. The van der Waals surface area contributed by atoms with Crippen LogP contribution in [0.1, 0.15) is 41.1 Å². The van der Waals surface area contributed by atoms with Crippen molar-refractivity contribution in [1.82, 2.24) is 4.98 Å². The number of hydrogen-bond acceptors (Lipinski definition) is 5. The first-order valence-corrected chi connectivity index (χ1v) is 8.39. The van der Waals surface area contributed by atoms with Crippen LogP contribution >= 0.6 is 22.7 Å². The number of aliphatic hydroxyl groups is 1. The van der Waals surface area contributed by atoms with E-state index in [-0.39, 0.29) is 6.61 Å². The summed E-state index contributed by atoms with van der Waals surface area (Å²) < 4.78 is 0. The second kappa shape index (κ2) is 5.61. The molecule has 1 aliphatic carbocycles. The summed E-state index contributed by atoms with van der Waals surface area (Å²) in [5.41, 5.74) is 1.15. The van der Waals surface area contributed by atoms with Crippen LogP contribution in [0.3, 0.4) is 0 Å². The Labute approximate surface area is 121 Å². The van der Waals surface area contributed by atoms with E-state index >= 15 is 0 Å². The Hall–Kier alpha value is -0.910. The van der Waals surface area contributed by atoms with Gasteiger partial charge < -0.3 is 10.0 Å². The standard InChI is InChI=1S/C14H18N2OS2/c1-2-16(8-11-4-3-7-18-11)14-15-13(10-5-6-10)12(9-17)19-14/h3-4,7,10,17H,2,5-6,8-9H2,1H3. The Morgan fingerprint density at radius 1 is 1.47 bits per heavy atom. The van der Waals surface area contributed by atoms with E-state index in [1.807, 2.05) is 0 Å². The van der Waals surface area contributed by atoms with Gasteiger partial charge in [-0.25, -0.2) is 4.98 Å². The highest BCUT2D eigenvalue weighted by molar-refractivity contribution is 7.15. The van der Waals surface area contributed by atoms with Crippen molar-refractivity contribution in [3.8, 4) is 0 Å². The highest BCUT2D eigenvalue weighted by atomic mass is 32.1. The summed E-state index contributed by atoms with van der Waals surface area (Å²) in [7, 11) is 0. The molecule has 19 heavy (non-hydrogen) atoms. The summed E-state index contributed by atoms with van der Waals surface area (Å²) in [5.74, 6) is 0.604. The van der Waals surface area contributed by atoms with E-state index < -0.39 is 0 Å². The third kappa shape index (κ3) is 2.83. The molecule has 0 bridgehead atoms. The van der Waals surface area contributed by atoms with Crippen molar-refractivity contribution >= 4 is 27.8 Å². The molecule has 0 unspecified atom stereocenters. The molecule has 102 valence electrons. The van der Waals surface area contributed by atoms with Crippen molar-refractivity contribution in [3.63, 3.8) is 0 Å². The molecular weight excluding hydrogens is 276 g/mol. The normalized spacial score (nSPS) is 14.8. The topological polar surface area (TPSA) is 36.4 Å². The molecular formula is C14H18N2OS2. The third-order valence-corrected chi connectivity index (χ3v) is 5.38. The maximum atomic E-state index is 9.47. The second-order valence-corrected chi connectivity index (χ2v) is 6.93. The van der Waals surface area contributed by atoms with Crippen LogP contribution in [-0.4, -0.2) is 16.6 Å². The van der Waals surface area contributed by atoms with Gasteiger partial charge in [0, 0.05) is 17.3 Å². The molecule has 3 rings (SSSR count). The van der Waals surface area contributed by atoms with Crippen molar-refractivity contribution in [2.24, 2.45) is 0 Å². The van der Waals surface area contributed by atoms with Crippen molar-refractivity contribution in [2.75, 3.05) is 11.4 Å². The van der Waals surface area contributed by atoms with Gasteiger partial charge in [-0.2, -0.15) is 0 Å². The fourth-order valence-electron chi connectivity index (χ4n) is 2.18. The Balaban J connectivity index is 1.82. The summed E-state index contributed by atoms with van der Waals surface area (Å²) in [6, 6.07) is 4.25. The maximum absolute atomic E-state index is 9.47. The maximum Gasteiger partial charge on any atom is 0.186 e. The molecule has 2 aromatic heterocycles. The lowest BCUT2D eigenvalue weighted by atomic mass is 10.2. The van der Waals surface area contributed by atoms with E-state index in [9.17, 15) is 5.11 Å². The molecule has 2 heterocycles. The molecule has 0 aliphatic heterocycles. The van der Waals surface area contributed by atoms with Crippen LogP contribution in [0, 0.1) is 0 Å². The minimum absolute atomic E-state index is 0.125. The fraction of sp³-hybridized carbons (Fsp3) is 0.500. The summed E-state index contributed by atoms with van der Waals surface area (Å²) >= 11 is 3.43. The minimum Gasteiger partial charge on any atom is -0.391 e. The number of anilines is 1. The Morgan fingerprint density at radius 2 is 2.32 bits per heavy atom. The average molecular weight is 294 g/mol. The Kier molecular flexibility index (Phi) is 3.86. The molecule has 0 aromatic carbocycles. The zero-order valence-corrected chi connectivity index (χ0v) is 12.6. The summed E-state index contributed by atoms with van der Waals surface area (Å²) in [5, 5.41) is 12.6. The van der Waals surface area contributed by atoms with Gasteiger partial charge >= 0.3 is 0 Å². The van der Waals surface area contributed by atoms with Gasteiger partial charge in [0.1, 0.15) is 0 Å². The molecule has 0 saturated heterocycles. The van der Waals surface area contributed by atoms with Gasteiger partial charge in [-0.05, 0) is 31.2 Å². The SMILES string of the molecule is CCN(Cc1cccs1)c1nc(C2CC2)c(CO)s1. The second-order valence-electron chi connectivity index (χ2n) is 4.83. The predicted molar refractivity (Wildman–Crippen MR) is 81.1 cm³/mol. The van der Waals surface area contributed by atoms with Crippen LogP contribution in [0.25, 0.3) is 0 Å². The highest BCUT2D eigenvalue weighted by Crippen LogP contribution is 2.44. The predicted octanol–water partition coefficient (Wildman–Crippen LogP) is 3.60. The lowest BCUT2D eigenvalue weighted by Gasteiger charge is -2.18. The number of aliphatic hydroxyl groups excluding tert-OH is 1. The van der Waals surface area contributed by atoms with E-state index in [0.29, 0.717) is 5.92 Å². The van der Waals surface area contributed by atoms with Gasteiger partial charge in [-0.1, -0.05) is 17.4 Å². The lowest BCUT2D eigenvalue weighted by Crippen LogP contribution is -2.21. The van der Waals surface area contributed by atoms with Crippen LogP contribution < -0.4 is 4.90 Å². The van der Waals surface area contributed by atoms with Gasteiger partial charge in [-0.15, -0.1) is 11.3 Å². The van der Waals surface area contributed by atoms with E-state index in [4.69, 9.17) is 4.98 Å². The van der Waals surface area contributed by atoms with Crippen LogP contribution in [0.2, 0.25) is 0 Å². The lowest BCUT2D eigenvalue weighted by molar-refractivity contribution is 0.284. The molecule has 0 radical (unpaired) electrons. The number of thiophene rings is 1. The largest absolute Gasteiger partial charge is 0.391 e. The molecule has 1 fully saturated rings. The number of nitrogens with zero attached hydrogens (tertiary/aromatic N) is 2. The molecule has 1 N–H and O–H groups in total. The fourth-order valence-corrected chi connectivity index (χ4v) is 3.97. The van der Waals surface area contributed by atoms with Crippen molar-refractivity contribution in [1.29, 1.82) is 0 Å². The smallest absolute Gasteiger partial charge is 0.186 e. The minimum atomic E-state index is 0.125. The molecule has 1 aliphatic rings. The van der Waals surface area contributed by atoms with Gasteiger partial charge in [0.15, 0.2) is 5.13 Å². The highest BCUT2D eigenvalue weighted by Gasteiger charge is 2.30. The van der Waals surface area contributed by atoms with Crippen LogP contribution in [0.5, 0.6) is 0 Å². The quantitative estimate of drug-likeness (QED) is 0.884. The first kappa shape index (κ1) is 13.1. The number of thiazole rings is 1. The van der Waals surface area contributed by atoms with E-state index in [1.54, 1.807) is 22.7 Å². The molecule has 0 spiro atoms. The Morgan fingerprint density at radius 3 is 2.89 bits per heavy atom. The molecule has 0 amide bonds. The molecule has 1 saturated carbocycles. The van der Waals surface area contributed by atoms with E-state index in [2.05, 4.69) is 29.3 Å². The number of aromatic nitrogens is 1. The van der Waals surface area contributed by atoms with E-state index in [0.717, 1.165) is 28.8 Å². The van der Waals surface area contributed by atoms with Gasteiger partial charge in [-0.3, -0.25) is 0 Å². The van der Waals surface area contributed by atoms with Gasteiger partial charge in [0.25, 0.3) is 0 Å². The average Bonchev–Trinajstić information content (AvgIpc) is 2.99. The zero-order chi connectivity index (χ0) is 13.2. The first-order valence-electron chi connectivity index (χ1n) is 6.69. The van der Waals surface area contributed by atoms with Crippen LogP contribution in [0.4, 0.5) is 5.13 Å². The van der Waals surface area contributed by atoms with Crippen molar-refractivity contribution in [2.45, 2.75) is 38.8 Å². The number of hydrogen-bond donors (Lipinski definition) is 1. The Bertz CT molecular complexity index is 532. The molecule has 3 nitrogen and oxygen atoms in total. The van der Waals surface area contributed by atoms with Gasteiger partial charge in [0.2, 0.25) is 0 Å². The van der Waals surface area contributed by atoms with Crippen LogP contribution in [-0.2, 0) is 13.2 Å². The zero-order valence-electron chi connectivity index (χ0n) is 11.0. The van der Waals surface area contributed by atoms with Crippen molar-refractivity contribution in [3.05, 3.63) is 33.0 Å². The van der Waals surface area contributed by atoms with Gasteiger partial charge in [0.05, 0.1) is 23.7 Å². The number of rotatable bonds is 6. The molecule has 0 atom stereocenters. The summed E-state index contributed by atoms with van der Waals surface area (Å²) in [6.07, 6.45) is 2.46. The monoisotopic (exact) mass is 294 g/mol. The van der Waals surface area contributed by atoms with Crippen LogP contribution in [0.15, 0.2) is 17.5 Å².